The number of rotatable bonds is 8. The predicted molar refractivity (Wildman–Crippen MR) is 106 cm³/mol. The number of aliphatic hydroxyl groups is 1. The minimum atomic E-state index is -0.581. The van der Waals surface area contributed by atoms with Gasteiger partial charge in [-0.15, -0.1) is 23.1 Å². The zero-order valence-corrected chi connectivity index (χ0v) is 16.0. The first-order chi connectivity index (χ1) is 12.2. The van der Waals surface area contributed by atoms with Crippen LogP contribution in [0.5, 0.6) is 0 Å². The number of aliphatic hydroxyl groups excluding tert-OH is 1. The Bertz CT molecular complexity index is 784. The lowest BCUT2D eigenvalue weighted by Gasteiger charge is -2.06. The highest BCUT2D eigenvalue weighted by atomic mass is 32.2. The molecule has 0 saturated heterocycles. The molecular formula is C19H19NO2S3. The zero-order valence-electron chi connectivity index (χ0n) is 13.6. The monoisotopic (exact) mass is 389 g/mol. The van der Waals surface area contributed by atoms with E-state index in [1.165, 1.54) is 16.2 Å². The van der Waals surface area contributed by atoms with E-state index < -0.39 is 6.10 Å². The standard InChI is InChI=1S/C19H19NO2S3/c21-18(9-11-24-15-4-2-1-3-5-15)20-12-16-6-7-17(25-16)19(22)14-8-10-23-13-14/h1-8,10,13,19,22H,9,11-12H2,(H,20,21). The normalized spacial score (nSPS) is 12.0. The maximum absolute atomic E-state index is 12.0. The van der Waals surface area contributed by atoms with E-state index in [0.29, 0.717) is 13.0 Å². The first-order valence-corrected chi connectivity index (χ1v) is 10.7. The van der Waals surface area contributed by atoms with Crippen molar-refractivity contribution < 1.29 is 9.90 Å². The molecule has 1 aromatic carbocycles. The van der Waals surface area contributed by atoms with Gasteiger partial charge in [-0.2, -0.15) is 11.3 Å². The van der Waals surface area contributed by atoms with Gasteiger partial charge in [-0.1, -0.05) is 18.2 Å². The molecule has 0 aliphatic heterocycles. The van der Waals surface area contributed by atoms with Crippen LogP contribution < -0.4 is 5.32 Å². The zero-order chi connectivity index (χ0) is 17.5. The molecule has 1 unspecified atom stereocenters. The third kappa shape index (κ3) is 5.44. The van der Waals surface area contributed by atoms with Crippen molar-refractivity contribution in [2.75, 3.05) is 5.75 Å². The summed E-state index contributed by atoms with van der Waals surface area (Å²) in [6.07, 6.45) is -0.0852. The Kier molecular flexibility index (Phi) is 6.69. The third-order valence-corrected chi connectivity index (χ3v) is 6.46. The average Bonchev–Trinajstić information content (AvgIpc) is 3.32. The number of thiophene rings is 2. The summed E-state index contributed by atoms with van der Waals surface area (Å²) in [6.45, 7) is 0.510. The van der Waals surface area contributed by atoms with Crippen LogP contribution in [0.2, 0.25) is 0 Å². The van der Waals surface area contributed by atoms with Crippen molar-refractivity contribution in [1.29, 1.82) is 0 Å². The molecule has 3 rings (SSSR count). The second-order valence-corrected chi connectivity index (χ2v) is 8.60. The molecule has 1 atom stereocenters. The van der Waals surface area contributed by atoms with Crippen LogP contribution in [0.1, 0.15) is 27.8 Å². The number of benzene rings is 1. The van der Waals surface area contributed by atoms with Crippen molar-refractivity contribution >= 4 is 40.3 Å². The lowest BCUT2D eigenvalue weighted by Crippen LogP contribution is -2.22. The summed E-state index contributed by atoms with van der Waals surface area (Å²) in [7, 11) is 0. The number of carbonyl (C=O) groups is 1. The molecule has 0 aliphatic rings. The van der Waals surface area contributed by atoms with E-state index in [9.17, 15) is 9.90 Å². The molecule has 3 aromatic rings. The van der Waals surface area contributed by atoms with Gasteiger partial charge in [0.25, 0.3) is 0 Å². The fourth-order valence-electron chi connectivity index (χ4n) is 2.28. The highest BCUT2D eigenvalue weighted by Gasteiger charge is 2.13. The molecule has 2 heterocycles. The molecule has 2 N–H and O–H groups in total. The number of nitrogens with one attached hydrogen (secondary N) is 1. The van der Waals surface area contributed by atoms with Crippen LogP contribution in [0.25, 0.3) is 0 Å². The summed E-state index contributed by atoms with van der Waals surface area (Å²) in [5.74, 6) is 0.819. The summed E-state index contributed by atoms with van der Waals surface area (Å²) in [5, 5.41) is 17.2. The molecule has 6 heteroatoms. The highest BCUT2D eigenvalue weighted by Crippen LogP contribution is 2.29. The van der Waals surface area contributed by atoms with Gasteiger partial charge < -0.3 is 10.4 Å². The average molecular weight is 390 g/mol. The lowest BCUT2D eigenvalue weighted by molar-refractivity contribution is -0.120. The molecule has 130 valence electrons. The van der Waals surface area contributed by atoms with Crippen molar-refractivity contribution in [3.8, 4) is 0 Å². The van der Waals surface area contributed by atoms with E-state index in [0.717, 1.165) is 21.1 Å². The first-order valence-electron chi connectivity index (χ1n) is 7.95. The second kappa shape index (κ2) is 9.20. The van der Waals surface area contributed by atoms with Crippen LogP contribution >= 0.6 is 34.4 Å². The summed E-state index contributed by atoms with van der Waals surface area (Å²) in [5.41, 5.74) is 0.917. The largest absolute Gasteiger partial charge is 0.383 e. The summed E-state index contributed by atoms with van der Waals surface area (Å²) >= 11 is 4.80. The van der Waals surface area contributed by atoms with Crippen molar-refractivity contribution in [3.05, 3.63) is 74.6 Å². The second-order valence-electron chi connectivity index (χ2n) is 5.45. The Labute approximate surface area is 159 Å². The smallest absolute Gasteiger partial charge is 0.221 e. The number of hydrogen-bond donors (Lipinski definition) is 2. The molecule has 0 radical (unpaired) electrons. The van der Waals surface area contributed by atoms with Crippen LogP contribution in [-0.2, 0) is 11.3 Å². The lowest BCUT2D eigenvalue weighted by atomic mass is 10.2. The van der Waals surface area contributed by atoms with E-state index >= 15 is 0 Å². The molecule has 0 bridgehead atoms. The van der Waals surface area contributed by atoms with Gasteiger partial charge in [-0.05, 0) is 46.7 Å². The van der Waals surface area contributed by atoms with Crippen molar-refractivity contribution in [2.24, 2.45) is 0 Å². The molecule has 0 saturated carbocycles. The van der Waals surface area contributed by atoms with Gasteiger partial charge >= 0.3 is 0 Å². The van der Waals surface area contributed by atoms with Gasteiger partial charge in [-0.25, -0.2) is 0 Å². The number of thioether (sulfide) groups is 1. The maximum Gasteiger partial charge on any atom is 0.221 e. The minimum absolute atomic E-state index is 0.0526. The Hall–Kier alpha value is -1.60. The van der Waals surface area contributed by atoms with Gasteiger partial charge in [0.15, 0.2) is 0 Å². The van der Waals surface area contributed by atoms with Crippen molar-refractivity contribution in [3.63, 3.8) is 0 Å². The molecule has 0 fully saturated rings. The van der Waals surface area contributed by atoms with Gasteiger partial charge in [-0.3, -0.25) is 4.79 Å². The van der Waals surface area contributed by atoms with E-state index in [-0.39, 0.29) is 5.91 Å². The van der Waals surface area contributed by atoms with Crippen LogP contribution in [0, 0.1) is 0 Å². The number of carbonyl (C=O) groups excluding carboxylic acids is 1. The number of amides is 1. The fourth-order valence-corrected chi connectivity index (χ4v) is 4.80. The molecule has 0 aliphatic carbocycles. The van der Waals surface area contributed by atoms with E-state index in [1.807, 2.05) is 47.2 Å². The third-order valence-electron chi connectivity index (χ3n) is 3.61. The molecular weight excluding hydrogens is 370 g/mol. The summed E-state index contributed by atoms with van der Waals surface area (Å²) < 4.78 is 0. The van der Waals surface area contributed by atoms with Crippen molar-refractivity contribution in [1.82, 2.24) is 5.32 Å². The van der Waals surface area contributed by atoms with Crippen molar-refractivity contribution in [2.45, 2.75) is 24.0 Å². The fraction of sp³-hybridized carbons (Fsp3) is 0.211. The molecule has 1 amide bonds. The Morgan fingerprint density at radius 3 is 2.76 bits per heavy atom. The number of hydrogen-bond acceptors (Lipinski definition) is 5. The minimum Gasteiger partial charge on any atom is -0.383 e. The molecule has 3 nitrogen and oxygen atoms in total. The van der Waals surface area contributed by atoms with Gasteiger partial charge in [0.2, 0.25) is 5.91 Å². The van der Waals surface area contributed by atoms with Gasteiger partial charge in [0.05, 0.1) is 6.54 Å². The van der Waals surface area contributed by atoms with E-state index in [2.05, 4.69) is 17.4 Å². The molecule has 25 heavy (non-hydrogen) atoms. The Morgan fingerprint density at radius 1 is 1.16 bits per heavy atom. The predicted octanol–water partition coefficient (Wildman–Crippen LogP) is 4.69. The summed E-state index contributed by atoms with van der Waals surface area (Å²) in [4.78, 5) is 15.1. The first kappa shape index (κ1) is 18.2. The van der Waals surface area contributed by atoms with Crippen LogP contribution in [0.15, 0.2) is 64.2 Å². The molecule has 0 spiro atoms. The van der Waals surface area contributed by atoms with Gasteiger partial charge in [0.1, 0.15) is 6.10 Å². The van der Waals surface area contributed by atoms with Gasteiger partial charge in [0, 0.05) is 26.8 Å². The highest BCUT2D eigenvalue weighted by molar-refractivity contribution is 7.99. The maximum atomic E-state index is 12.0. The summed E-state index contributed by atoms with van der Waals surface area (Å²) in [6, 6.07) is 15.9. The Morgan fingerprint density at radius 2 is 2.00 bits per heavy atom. The SMILES string of the molecule is O=C(CCSc1ccccc1)NCc1ccc(C(O)c2ccsc2)s1. The quantitative estimate of drug-likeness (QED) is 0.550. The van der Waals surface area contributed by atoms with Crippen LogP contribution in [0.4, 0.5) is 0 Å². The van der Waals surface area contributed by atoms with Crippen LogP contribution in [0.3, 0.4) is 0 Å². The van der Waals surface area contributed by atoms with E-state index in [4.69, 9.17) is 0 Å². The molecule has 2 aromatic heterocycles. The topological polar surface area (TPSA) is 49.3 Å². The van der Waals surface area contributed by atoms with Crippen LogP contribution in [-0.4, -0.2) is 16.8 Å². The van der Waals surface area contributed by atoms with E-state index in [1.54, 1.807) is 23.1 Å². The Balaban J connectivity index is 1.42.